The summed E-state index contributed by atoms with van der Waals surface area (Å²) in [6, 6.07) is 9.75. The van der Waals surface area contributed by atoms with Crippen molar-refractivity contribution in [3.63, 3.8) is 0 Å². The van der Waals surface area contributed by atoms with E-state index in [9.17, 15) is 0 Å². The highest BCUT2D eigenvalue weighted by molar-refractivity contribution is 5.75. The Labute approximate surface area is 185 Å². The van der Waals surface area contributed by atoms with Gasteiger partial charge in [-0.15, -0.1) is 0 Å². The number of rotatable bonds is 10. The van der Waals surface area contributed by atoms with Gasteiger partial charge in [0.25, 0.3) is 0 Å². The van der Waals surface area contributed by atoms with E-state index >= 15 is 0 Å². The number of anilines is 2. The van der Waals surface area contributed by atoms with Crippen LogP contribution in [0.3, 0.4) is 0 Å². The zero-order valence-corrected chi connectivity index (χ0v) is 20.7. The molecule has 30 heavy (non-hydrogen) atoms. The number of nitrogens with two attached hydrogens (primary N) is 1. The standard InChI is InChI=1S/C28H44N2/c1-9-11-13-25(29)26(14-12-10-2)30(27-21(5)15-19(3)16-22(27)6)28-23(7)17-20(4)18-24(28)8/h15-18,25-26H,9-14,29H2,1-8H3. The van der Waals surface area contributed by atoms with Gasteiger partial charge in [0.2, 0.25) is 0 Å². The van der Waals surface area contributed by atoms with Gasteiger partial charge >= 0.3 is 0 Å². The van der Waals surface area contributed by atoms with Gasteiger partial charge in [-0.3, -0.25) is 0 Å². The molecule has 166 valence electrons. The number of nitrogens with zero attached hydrogens (tertiary/aromatic N) is 1. The quantitative estimate of drug-likeness (QED) is 0.435. The smallest absolute Gasteiger partial charge is 0.0493 e. The van der Waals surface area contributed by atoms with Crippen LogP contribution in [0, 0.1) is 41.5 Å². The van der Waals surface area contributed by atoms with E-state index in [1.165, 1.54) is 70.4 Å². The van der Waals surface area contributed by atoms with Gasteiger partial charge in [0, 0.05) is 23.5 Å². The molecule has 0 amide bonds. The molecule has 2 N–H and O–H groups in total. The van der Waals surface area contributed by atoms with E-state index in [-0.39, 0.29) is 6.04 Å². The lowest BCUT2D eigenvalue weighted by Gasteiger charge is -2.41. The SMILES string of the molecule is CCCCC(N)C(CCCC)N(c1c(C)cc(C)cc1C)c1c(C)cc(C)cc1C. The Morgan fingerprint density at radius 1 is 0.667 bits per heavy atom. The van der Waals surface area contributed by atoms with Crippen LogP contribution in [0.2, 0.25) is 0 Å². The van der Waals surface area contributed by atoms with Crippen molar-refractivity contribution in [2.24, 2.45) is 5.73 Å². The third-order valence-corrected chi connectivity index (χ3v) is 6.32. The van der Waals surface area contributed by atoms with Crippen molar-refractivity contribution in [1.29, 1.82) is 0 Å². The second kappa shape index (κ2) is 11.0. The highest BCUT2D eigenvalue weighted by Crippen LogP contribution is 2.40. The Hall–Kier alpha value is -1.80. The molecular weight excluding hydrogens is 364 g/mol. The van der Waals surface area contributed by atoms with E-state index < -0.39 is 0 Å². The normalized spacial score (nSPS) is 13.4. The lowest BCUT2D eigenvalue weighted by Crippen LogP contribution is -2.47. The van der Waals surface area contributed by atoms with E-state index in [0.717, 1.165) is 12.8 Å². The predicted octanol–water partition coefficient (Wildman–Crippen LogP) is 7.75. The highest BCUT2D eigenvalue weighted by atomic mass is 15.2. The first-order valence-electron chi connectivity index (χ1n) is 11.9. The number of hydrogen-bond donors (Lipinski definition) is 1. The average molecular weight is 409 g/mol. The van der Waals surface area contributed by atoms with E-state index in [4.69, 9.17) is 5.73 Å². The van der Waals surface area contributed by atoms with Crippen LogP contribution in [0.4, 0.5) is 11.4 Å². The highest BCUT2D eigenvalue weighted by Gasteiger charge is 2.30. The molecule has 0 saturated carbocycles. The Kier molecular flexibility index (Phi) is 8.97. The van der Waals surface area contributed by atoms with Crippen LogP contribution in [-0.4, -0.2) is 12.1 Å². The monoisotopic (exact) mass is 408 g/mol. The molecule has 0 aliphatic carbocycles. The number of unbranched alkanes of at least 4 members (excludes halogenated alkanes) is 2. The maximum atomic E-state index is 6.94. The molecule has 0 saturated heterocycles. The third kappa shape index (κ3) is 5.66. The summed E-state index contributed by atoms with van der Waals surface area (Å²) in [5.41, 5.74) is 17.7. The fourth-order valence-electron chi connectivity index (χ4n) is 5.13. The maximum Gasteiger partial charge on any atom is 0.0493 e. The maximum absolute atomic E-state index is 6.94. The molecular formula is C28H44N2. The van der Waals surface area contributed by atoms with Crippen LogP contribution in [0.25, 0.3) is 0 Å². The Bertz CT molecular complexity index is 733. The van der Waals surface area contributed by atoms with Gasteiger partial charge < -0.3 is 10.6 Å². The van der Waals surface area contributed by atoms with Crippen molar-refractivity contribution in [3.05, 3.63) is 57.6 Å². The molecule has 2 aromatic rings. The van der Waals surface area contributed by atoms with Gasteiger partial charge in [-0.1, -0.05) is 74.9 Å². The average Bonchev–Trinajstić information content (AvgIpc) is 2.64. The first-order chi connectivity index (χ1) is 14.2. The molecule has 0 aliphatic heterocycles. The molecule has 0 aromatic heterocycles. The van der Waals surface area contributed by atoms with Crippen molar-refractivity contribution in [2.45, 2.75) is 106 Å². The van der Waals surface area contributed by atoms with Gasteiger partial charge in [-0.25, -0.2) is 0 Å². The largest absolute Gasteiger partial charge is 0.336 e. The van der Waals surface area contributed by atoms with Crippen LogP contribution in [0.5, 0.6) is 0 Å². The first kappa shape index (κ1) is 24.5. The van der Waals surface area contributed by atoms with Crippen molar-refractivity contribution < 1.29 is 0 Å². The molecule has 0 bridgehead atoms. The molecule has 2 rings (SSSR count). The molecule has 2 atom stereocenters. The van der Waals surface area contributed by atoms with Crippen molar-refractivity contribution >= 4 is 11.4 Å². The zero-order chi connectivity index (χ0) is 22.4. The first-order valence-corrected chi connectivity index (χ1v) is 11.9. The topological polar surface area (TPSA) is 29.3 Å². The van der Waals surface area contributed by atoms with Gasteiger partial charge in [-0.2, -0.15) is 0 Å². The van der Waals surface area contributed by atoms with E-state index in [0.29, 0.717) is 6.04 Å². The second-order valence-corrected chi connectivity index (χ2v) is 9.38. The summed E-state index contributed by atoms with van der Waals surface area (Å²) in [4.78, 5) is 2.63. The molecule has 0 heterocycles. The van der Waals surface area contributed by atoms with Gasteiger partial charge in [0.05, 0.1) is 0 Å². The summed E-state index contributed by atoms with van der Waals surface area (Å²) in [5, 5.41) is 0. The lowest BCUT2D eigenvalue weighted by atomic mass is 9.91. The summed E-state index contributed by atoms with van der Waals surface area (Å²) in [6.07, 6.45) is 6.99. The predicted molar refractivity (Wildman–Crippen MR) is 134 cm³/mol. The molecule has 2 unspecified atom stereocenters. The summed E-state index contributed by atoms with van der Waals surface area (Å²) in [6.45, 7) is 18.0. The third-order valence-electron chi connectivity index (χ3n) is 6.32. The van der Waals surface area contributed by atoms with E-state index in [1.807, 2.05) is 0 Å². The minimum atomic E-state index is 0.164. The fourth-order valence-corrected chi connectivity index (χ4v) is 5.13. The van der Waals surface area contributed by atoms with Crippen LogP contribution in [-0.2, 0) is 0 Å². The molecule has 0 aliphatic rings. The molecule has 2 nitrogen and oxygen atoms in total. The van der Waals surface area contributed by atoms with Crippen LogP contribution < -0.4 is 10.6 Å². The number of aryl methyl sites for hydroxylation is 6. The van der Waals surface area contributed by atoms with Gasteiger partial charge in [0.15, 0.2) is 0 Å². The summed E-state index contributed by atoms with van der Waals surface area (Å²) in [7, 11) is 0. The summed E-state index contributed by atoms with van der Waals surface area (Å²) < 4.78 is 0. The summed E-state index contributed by atoms with van der Waals surface area (Å²) in [5.74, 6) is 0. The van der Waals surface area contributed by atoms with Gasteiger partial charge in [0.1, 0.15) is 0 Å². The van der Waals surface area contributed by atoms with Crippen molar-refractivity contribution in [3.8, 4) is 0 Å². The zero-order valence-electron chi connectivity index (χ0n) is 20.7. The van der Waals surface area contributed by atoms with E-state index in [1.54, 1.807) is 0 Å². The van der Waals surface area contributed by atoms with Crippen LogP contribution in [0.1, 0.15) is 85.8 Å². The Morgan fingerprint density at radius 3 is 1.40 bits per heavy atom. The van der Waals surface area contributed by atoms with Crippen LogP contribution >= 0.6 is 0 Å². The Balaban J connectivity index is 2.75. The molecule has 0 fully saturated rings. The molecule has 0 radical (unpaired) electrons. The number of hydrogen-bond acceptors (Lipinski definition) is 2. The van der Waals surface area contributed by atoms with Crippen molar-refractivity contribution in [1.82, 2.24) is 0 Å². The van der Waals surface area contributed by atoms with Crippen molar-refractivity contribution in [2.75, 3.05) is 4.90 Å². The fraction of sp³-hybridized carbons (Fsp3) is 0.571. The molecule has 2 heteroatoms. The Morgan fingerprint density at radius 2 is 1.03 bits per heavy atom. The van der Waals surface area contributed by atoms with Gasteiger partial charge in [-0.05, 0) is 76.6 Å². The molecule has 0 spiro atoms. The second-order valence-electron chi connectivity index (χ2n) is 9.38. The molecule has 2 aromatic carbocycles. The lowest BCUT2D eigenvalue weighted by molar-refractivity contribution is 0.438. The minimum Gasteiger partial charge on any atom is -0.336 e. The summed E-state index contributed by atoms with van der Waals surface area (Å²) >= 11 is 0. The van der Waals surface area contributed by atoms with Crippen LogP contribution in [0.15, 0.2) is 24.3 Å². The minimum absolute atomic E-state index is 0.164. The van der Waals surface area contributed by atoms with E-state index in [2.05, 4.69) is 84.6 Å². The number of benzene rings is 2.